The van der Waals surface area contributed by atoms with Gasteiger partial charge in [0.2, 0.25) is 10.0 Å². The summed E-state index contributed by atoms with van der Waals surface area (Å²) in [5, 5.41) is 10.7. The third-order valence-electron chi connectivity index (χ3n) is 3.48. The molecule has 0 atom stereocenters. The summed E-state index contributed by atoms with van der Waals surface area (Å²) in [6.45, 7) is 3.73. The number of aromatic nitrogens is 2. The van der Waals surface area contributed by atoms with Crippen LogP contribution in [0, 0.1) is 0 Å². The number of nitrogens with one attached hydrogen (secondary N) is 3. The third-order valence-corrected chi connectivity index (χ3v) is 5.18. The van der Waals surface area contributed by atoms with Crippen molar-refractivity contribution in [2.75, 3.05) is 19.6 Å². The molecule has 10 heteroatoms. The minimum absolute atomic E-state index is 0.141. The van der Waals surface area contributed by atoms with Gasteiger partial charge in [0.25, 0.3) is 0 Å². The molecule has 0 saturated heterocycles. The van der Waals surface area contributed by atoms with Crippen LogP contribution in [0.15, 0.2) is 46.4 Å². The number of rotatable bonds is 8. The third kappa shape index (κ3) is 6.01. The van der Waals surface area contributed by atoms with E-state index in [1.54, 1.807) is 23.0 Å². The number of aryl methyl sites for hydroxylation is 1. The maximum Gasteiger partial charge on any atom is 0.240 e. The molecule has 0 spiro atoms. The van der Waals surface area contributed by atoms with Crippen molar-refractivity contribution in [3.8, 4) is 0 Å². The predicted octanol–water partition coefficient (Wildman–Crippen LogP) is 1.11. The SMILES string of the molecule is CCNC(=NCc1ccnn1C)NCCNS(=O)(=O)c1cccc(Cl)c1. The first-order valence-electron chi connectivity index (χ1n) is 8.16. The molecule has 0 bridgehead atoms. The normalized spacial score (nSPS) is 12.2. The maximum atomic E-state index is 12.2. The Balaban J connectivity index is 1.86. The van der Waals surface area contributed by atoms with Crippen molar-refractivity contribution in [2.24, 2.45) is 12.0 Å². The first-order chi connectivity index (χ1) is 12.4. The van der Waals surface area contributed by atoms with E-state index >= 15 is 0 Å². The summed E-state index contributed by atoms with van der Waals surface area (Å²) in [5.41, 5.74) is 0.976. The number of halogens is 1. The fraction of sp³-hybridized carbons (Fsp3) is 0.375. The van der Waals surface area contributed by atoms with Crippen LogP contribution in [0.25, 0.3) is 0 Å². The highest BCUT2D eigenvalue weighted by atomic mass is 35.5. The number of benzene rings is 1. The molecule has 0 aliphatic heterocycles. The highest BCUT2D eigenvalue weighted by molar-refractivity contribution is 7.89. The summed E-state index contributed by atoms with van der Waals surface area (Å²) in [7, 11) is -1.74. The van der Waals surface area contributed by atoms with Crippen molar-refractivity contribution in [3.05, 3.63) is 47.2 Å². The van der Waals surface area contributed by atoms with E-state index in [-0.39, 0.29) is 11.4 Å². The van der Waals surface area contributed by atoms with Crippen LogP contribution in [-0.2, 0) is 23.6 Å². The molecule has 0 radical (unpaired) electrons. The van der Waals surface area contributed by atoms with E-state index in [4.69, 9.17) is 11.6 Å². The Hall–Kier alpha value is -2.10. The molecule has 1 aromatic carbocycles. The van der Waals surface area contributed by atoms with Gasteiger partial charge in [-0.05, 0) is 31.2 Å². The van der Waals surface area contributed by atoms with Crippen LogP contribution in [-0.4, -0.2) is 43.8 Å². The maximum absolute atomic E-state index is 12.2. The second-order valence-corrected chi connectivity index (χ2v) is 7.63. The van der Waals surface area contributed by atoms with Gasteiger partial charge in [-0.3, -0.25) is 4.68 Å². The molecular formula is C16H23ClN6O2S. The molecule has 0 aliphatic rings. The van der Waals surface area contributed by atoms with Gasteiger partial charge in [0, 0.05) is 37.9 Å². The lowest BCUT2D eigenvalue weighted by atomic mass is 10.4. The van der Waals surface area contributed by atoms with Crippen LogP contribution in [0.1, 0.15) is 12.6 Å². The molecular weight excluding hydrogens is 376 g/mol. The lowest BCUT2D eigenvalue weighted by Crippen LogP contribution is -2.41. The van der Waals surface area contributed by atoms with Gasteiger partial charge in [-0.25, -0.2) is 18.1 Å². The Bertz CT molecular complexity index is 850. The highest BCUT2D eigenvalue weighted by Crippen LogP contribution is 2.14. The van der Waals surface area contributed by atoms with E-state index in [0.29, 0.717) is 30.6 Å². The van der Waals surface area contributed by atoms with E-state index in [0.717, 1.165) is 5.69 Å². The second kappa shape index (κ2) is 9.56. The van der Waals surface area contributed by atoms with Crippen molar-refractivity contribution in [2.45, 2.75) is 18.4 Å². The van der Waals surface area contributed by atoms with Crippen LogP contribution >= 0.6 is 11.6 Å². The number of nitrogens with zero attached hydrogens (tertiary/aromatic N) is 3. The standard InChI is InChI=1S/C16H23ClN6O2S/c1-3-18-16(20-12-14-7-8-21-23(14)2)19-9-10-22-26(24,25)15-6-4-5-13(17)11-15/h4-8,11,22H,3,9-10,12H2,1-2H3,(H2,18,19,20). The Kier molecular flexibility index (Phi) is 7.43. The number of sulfonamides is 1. The van der Waals surface area contributed by atoms with E-state index in [9.17, 15) is 8.42 Å². The molecule has 2 rings (SSSR count). The van der Waals surface area contributed by atoms with Crippen LogP contribution in [0.2, 0.25) is 5.02 Å². The quantitative estimate of drug-likeness (QED) is 0.351. The van der Waals surface area contributed by atoms with E-state index in [2.05, 4.69) is 25.4 Å². The summed E-state index contributed by atoms with van der Waals surface area (Å²) in [4.78, 5) is 4.60. The highest BCUT2D eigenvalue weighted by Gasteiger charge is 2.13. The van der Waals surface area contributed by atoms with Crippen LogP contribution in [0.4, 0.5) is 0 Å². The minimum Gasteiger partial charge on any atom is -0.357 e. The van der Waals surface area contributed by atoms with Gasteiger partial charge in [0.15, 0.2) is 5.96 Å². The average Bonchev–Trinajstić information content (AvgIpc) is 3.01. The van der Waals surface area contributed by atoms with Crippen molar-refractivity contribution < 1.29 is 8.42 Å². The molecule has 0 amide bonds. The molecule has 1 heterocycles. The Morgan fingerprint density at radius 1 is 1.27 bits per heavy atom. The second-order valence-electron chi connectivity index (χ2n) is 5.42. The Morgan fingerprint density at radius 2 is 2.08 bits per heavy atom. The van der Waals surface area contributed by atoms with Crippen molar-refractivity contribution in [1.29, 1.82) is 0 Å². The monoisotopic (exact) mass is 398 g/mol. The summed E-state index contributed by atoms with van der Waals surface area (Å²) in [5.74, 6) is 0.607. The number of guanidine groups is 1. The zero-order valence-electron chi connectivity index (χ0n) is 14.7. The lowest BCUT2D eigenvalue weighted by molar-refractivity contribution is 0.580. The molecule has 0 aliphatic carbocycles. The summed E-state index contributed by atoms with van der Waals surface area (Å²) in [6.07, 6.45) is 1.72. The van der Waals surface area contributed by atoms with Crippen LogP contribution < -0.4 is 15.4 Å². The van der Waals surface area contributed by atoms with E-state index in [1.807, 2.05) is 20.0 Å². The van der Waals surface area contributed by atoms with Gasteiger partial charge in [-0.1, -0.05) is 17.7 Å². The van der Waals surface area contributed by atoms with E-state index < -0.39 is 10.0 Å². The van der Waals surface area contributed by atoms with Crippen molar-refractivity contribution in [1.82, 2.24) is 25.1 Å². The summed E-state index contributed by atoms with van der Waals surface area (Å²) < 4.78 is 28.7. The fourth-order valence-electron chi connectivity index (χ4n) is 2.14. The first-order valence-corrected chi connectivity index (χ1v) is 10.0. The average molecular weight is 399 g/mol. The Labute approximate surface area is 158 Å². The topological polar surface area (TPSA) is 100 Å². The van der Waals surface area contributed by atoms with Gasteiger partial charge < -0.3 is 10.6 Å². The van der Waals surface area contributed by atoms with Crippen molar-refractivity contribution in [3.63, 3.8) is 0 Å². The van der Waals surface area contributed by atoms with Crippen LogP contribution in [0.3, 0.4) is 0 Å². The first kappa shape index (κ1) is 20.2. The number of aliphatic imine (C=N–C) groups is 1. The molecule has 0 saturated carbocycles. The smallest absolute Gasteiger partial charge is 0.240 e. The van der Waals surface area contributed by atoms with Crippen molar-refractivity contribution >= 4 is 27.6 Å². The predicted molar refractivity (Wildman–Crippen MR) is 103 cm³/mol. The molecule has 26 heavy (non-hydrogen) atoms. The van der Waals surface area contributed by atoms with E-state index in [1.165, 1.54) is 12.1 Å². The van der Waals surface area contributed by atoms with Gasteiger partial charge in [-0.2, -0.15) is 5.10 Å². The molecule has 8 nitrogen and oxygen atoms in total. The fourth-order valence-corrected chi connectivity index (χ4v) is 3.47. The lowest BCUT2D eigenvalue weighted by Gasteiger charge is -2.12. The Morgan fingerprint density at radius 3 is 2.73 bits per heavy atom. The molecule has 1 aromatic heterocycles. The zero-order chi connectivity index (χ0) is 19.0. The number of hydrogen-bond donors (Lipinski definition) is 3. The van der Waals surface area contributed by atoms with Gasteiger partial charge in [0.05, 0.1) is 17.1 Å². The van der Waals surface area contributed by atoms with Gasteiger partial charge >= 0.3 is 0 Å². The molecule has 3 N–H and O–H groups in total. The summed E-state index contributed by atoms with van der Waals surface area (Å²) >= 11 is 5.84. The molecule has 142 valence electrons. The largest absolute Gasteiger partial charge is 0.357 e. The van der Waals surface area contributed by atoms with Gasteiger partial charge in [-0.15, -0.1) is 0 Å². The molecule has 2 aromatic rings. The minimum atomic E-state index is -3.59. The molecule has 0 fully saturated rings. The van der Waals surface area contributed by atoms with Gasteiger partial charge in [0.1, 0.15) is 0 Å². The number of hydrogen-bond acceptors (Lipinski definition) is 4. The van der Waals surface area contributed by atoms with Crippen LogP contribution in [0.5, 0.6) is 0 Å². The summed E-state index contributed by atoms with van der Waals surface area (Å²) in [6, 6.07) is 8.04. The molecule has 0 unspecified atom stereocenters. The zero-order valence-corrected chi connectivity index (χ0v) is 16.3.